The fourth-order valence-electron chi connectivity index (χ4n) is 2.97. The number of nitrogens with one attached hydrogen (secondary N) is 2. The second-order valence-electron chi connectivity index (χ2n) is 6.28. The first kappa shape index (κ1) is 22.0. The van der Waals surface area contributed by atoms with E-state index < -0.39 is 0 Å². The summed E-state index contributed by atoms with van der Waals surface area (Å²) in [6.07, 6.45) is 8.13. The Balaban J connectivity index is 0.00000312. The summed E-state index contributed by atoms with van der Waals surface area (Å²) in [6.45, 7) is 4.86. The fraction of sp³-hybridized carbons (Fsp3) is 0.632. The zero-order valence-corrected chi connectivity index (χ0v) is 17.5. The zero-order valence-electron chi connectivity index (χ0n) is 15.2. The fourth-order valence-corrected chi connectivity index (χ4v) is 2.97. The number of ether oxygens (including phenoxy) is 1. The Morgan fingerprint density at radius 1 is 1.20 bits per heavy atom. The number of guanidine groups is 1. The van der Waals surface area contributed by atoms with Crippen LogP contribution in [0.15, 0.2) is 29.3 Å². The van der Waals surface area contributed by atoms with Crippen LogP contribution in [0.4, 0.5) is 0 Å². The van der Waals surface area contributed by atoms with Crippen LogP contribution in [-0.4, -0.2) is 36.9 Å². The van der Waals surface area contributed by atoms with Gasteiger partial charge in [-0.2, -0.15) is 0 Å². The summed E-state index contributed by atoms with van der Waals surface area (Å²) in [7, 11) is 0. The van der Waals surface area contributed by atoms with Gasteiger partial charge < -0.3 is 20.5 Å². The lowest BCUT2D eigenvalue weighted by atomic mass is 10.1. The maximum absolute atomic E-state index is 9.50. The lowest BCUT2D eigenvalue weighted by Gasteiger charge is -2.16. The van der Waals surface area contributed by atoms with Crippen LogP contribution in [0.25, 0.3) is 0 Å². The van der Waals surface area contributed by atoms with Crippen molar-refractivity contribution in [3.05, 3.63) is 29.8 Å². The normalized spacial score (nSPS) is 16.0. The standard InChI is InChI=1S/C19H31N3O2.HI/c1-2-20-19(22-15-16-8-7-9-17(23)14-16)21-12-13-24-18-10-5-3-4-6-11-18;/h7-9,14,18,23H,2-6,10-13,15H2,1H3,(H2,20,21,22);1H. The van der Waals surface area contributed by atoms with Crippen molar-refractivity contribution in [1.29, 1.82) is 0 Å². The van der Waals surface area contributed by atoms with E-state index in [1.165, 1.54) is 38.5 Å². The minimum atomic E-state index is 0. The summed E-state index contributed by atoms with van der Waals surface area (Å²) in [4.78, 5) is 4.55. The van der Waals surface area contributed by atoms with Crippen LogP contribution in [-0.2, 0) is 11.3 Å². The molecular weight excluding hydrogens is 429 g/mol. The molecule has 1 aliphatic carbocycles. The van der Waals surface area contributed by atoms with Crippen LogP contribution in [0.5, 0.6) is 5.75 Å². The Morgan fingerprint density at radius 3 is 2.64 bits per heavy atom. The maximum Gasteiger partial charge on any atom is 0.191 e. The molecule has 0 aromatic heterocycles. The average Bonchev–Trinajstić information content (AvgIpc) is 2.85. The van der Waals surface area contributed by atoms with Gasteiger partial charge in [0.25, 0.3) is 0 Å². The first-order chi connectivity index (χ1) is 11.8. The summed E-state index contributed by atoms with van der Waals surface area (Å²) in [5.41, 5.74) is 0.988. The van der Waals surface area contributed by atoms with Gasteiger partial charge in [-0.1, -0.05) is 37.8 Å². The molecule has 0 radical (unpaired) electrons. The molecule has 0 atom stereocenters. The van der Waals surface area contributed by atoms with Gasteiger partial charge >= 0.3 is 0 Å². The van der Waals surface area contributed by atoms with Crippen molar-refractivity contribution in [1.82, 2.24) is 10.6 Å². The molecule has 1 saturated carbocycles. The van der Waals surface area contributed by atoms with E-state index in [0.717, 1.165) is 24.6 Å². The van der Waals surface area contributed by atoms with Gasteiger partial charge in [0, 0.05) is 13.1 Å². The first-order valence-electron chi connectivity index (χ1n) is 9.19. The van der Waals surface area contributed by atoms with Crippen molar-refractivity contribution in [2.75, 3.05) is 19.7 Å². The van der Waals surface area contributed by atoms with Crippen molar-refractivity contribution in [2.45, 2.75) is 58.1 Å². The van der Waals surface area contributed by atoms with Gasteiger partial charge in [0.2, 0.25) is 0 Å². The van der Waals surface area contributed by atoms with E-state index in [-0.39, 0.29) is 29.7 Å². The average molecular weight is 461 g/mol. The van der Waals surface area contributed by atoms with Crippen LogP contribution in [0.3, 0.4) is 0 Å². The van der Waals surface area contributed by atoms with Crippen molar-refractivity contribution in [2.24, 2.45) is 4.99 Å². The molecule has 1 aromatic carbocycles. The van der Waals surface area contributed by atoms with E-state index in [0.29, 0.717) is 19.3 Å². The Bertz CT molecular complexity index is 503. The van der Waals surface area contributed by atoms with E-state index in [1.807, 2.05) is 19.1 Å². The van der Waals surface area contributed by atoms with Gasteiger partial charge in [-0.15, -0.1) is 24.0 Å². The number of nitrogens with zero attached hydrogens (tertiary/aromatic N) is 1. The number of halogens is 1. The molecule has 0 bridgehead atoms. The highest BCUT2D eigenvalue weighted by Gasteiger charge is 2.12. The van der Waals surface area contributed by atoms with Crippen LogP contribution in [0.2, 0.25) is 0 Å². The predicted octanol–water partition coefficient (Wildman–Crippen LogP) is 3.80. The molecule has 0 aliphatic heterocycles. The van der Waals surface area contributed by atoms with Gasteiger partial charge in [-0.3, -0.25) is 0 Å². The lowest BCUT2D eigenvalue weighted by molar-refractivity contribution is 0.0468. The maximum atomic E-state index is 9.50. The Kier molecular flexibility index (Phi) is 11.6. The Morgan fingerprint density at radius 2 is 1.96 bits per heavy atom. The van der Waals surface area contributed by atoms with Gasteiger partial charge in [0.15, 0.2) is 5.96 Å². The van der Waals surface area contributed by atoms with Crippen molar-refractivity contribution < 1.29 is 9.84 Å². The molecule has 0 heterocycles. The van der Waals surface area contributed by atoms with Crippen LogP contribution >= 0.6 is 24.0 Å². The van der Waals surface area contributed by atoms with Crippen LogP contribution in [0.1, 0.15) is 51.0 Å². The van der Waals surface area contributed by atoms with E-state index in [2.05, 4.69) is 15.6 Å². The first-order valence-corrected chi connectivity index (χ1v) is 9.19. The monoisotopic (exact) mass is 461 g/mol. The van der Waals surface area contributed by atoms with E-state index in [4.69, 9.17) is 4.74 Å². The predicted molar refractivity (Wildman–Crippen MR) is 114 cm³/mol. The van der Waals surface area contributed by atoms with Crippen molar-refractivity contribution in [3.63, 3.8) is 0 Å². The lowest BCUT2D eigenvalue weighted by Crippen LogP contribution is -2.39. The number of hydrogen-bond donors (Lipinski definition) is 3. The van der Waals surface area contributed by atoms with E-state index in [1.54, 1.807) is 12.1 Å². The smallest absolute Gasteiger partial charge is 0.191 e. The number of benzene rings is 1. The van der Waals surface area contributed by atoms with Crippen LogP contribution < -0.4 is 10.6 Å². The Hall–Kier alpha value is -1.02. The number of rotatable bonds is 7. The highest BCUT2D eigenvalue weighted by molar-refractivity contribution is 14.0. The number of aromatic hydroxyl groups is 1. The molecular formula is C19H32IN3O2. The largest absolute Gasteiger partial charge is 0.508 e. The topological polar surface area (TPSA) is 65.9 Å². The molecule has 6 heteroatoms. The van der Waals surface area contributed by atoms with E-state index >= 15 is 0 Å². The molecule has 0 amide bonds. The third kappa shape index (κ3) is 9.30. The highest BCUT2D eigenvalue weighted by atomic mass is 127. The summed E-state index contributed by atoms with van der Waals surface area (Å²) < 4.78 is 5.99. The number of phenolic OH excluding ortho intramolecular Hbond substituents is 1. The number of phenols is 1. The minimum absolute atomic E-state index is 0. The van der Waals surface area contributed by atoms with Gasteiger partial charge in [0.1, 0.15) is 5.75 Å². The summed E-state index contributed by atoms with van der Waals surface area (Å²) in [5.74, 6) is 1.06. The quantitative estimate of drug-likeness (QED) is 0.190. The van der Waals surface area contributed by atoms with Crippen LogP contribution in [0, 0.1) is 0 Å². The third-order valence-corrected chi connectivity index (χ3v) is 4.22. The summed E-state index contributed by atoms with van der Waals surface area (Å²) >= 11 is 0. The second-order valence-corrected chi connectivity index (χ2v) is 6.28. The third-order valence-electron chi connectivity index (χ3n) is 4.22. The molecule has 3 N–H and O–H groups in total. The summed E-state index contributed by atoms with van der Waals surface area (Å²) in [5, 5.41) is 16.1. The van der Waals surface area contributed by atoms with Gasteiger partial charge in [-0.25, -0.2) is 4.99 Å². The molecule has 1 fully saturated rings. The highest BCUT2D eigenvalue weighted by Crippen LogP contribution is 2.19. The summed E-state index contributed by atoms with van der Waals surface area (Å²) in [6, 6.07) is 7.20. The molecule has 1 aromatic rings. The SMILES string of the molecule is CCNC(=NCc1cccc(O)c1)NCCOC1CCCCCC1.I. The van der Waals surface area contributed by atoms with E-state index in [9.17, 15) is 5.11 Å². The molecule has 0 spiro atoms. The molecule has 0 unspecified atom stereocenters. The molecule has 25 heavy (non-hydrogen) atoms. The van der Waals surface area contributed by atoms with Crippen molar-refractivity contribution in [3.8, 4) is 5.75 Å². The molecule has 2 rings (SSSR count). The number of hydrogen-bond acceptors (Lipinski definition) is 3. The minimum Gasteiger partial charge on any atom is -0.508 e. The van der Waals surface area contributed by atoms with Gasteiger partial charge in [-0.05, 0) is 37.5 Å². The molecule has 142 valence electrons. The van der Waals surface area contributed by atoms with Crippen molar-refractivity contribution >= 4 is 29.9 Å². The second kappa shape index (κ2) is 13.2. The zero-order chi connectivity index (χ0) is 17.0. The molecule has 0 saturated heterocycles. The van der Waals surface area contributed by atoms with Gasteiger partial charge in [0.05, 0.1) is 19.3 Å². The molecule has 5 nitrogen and oxygen atoms in total. The molecule has 1 aliphatic rings. The number of aliphatic imine (C=N–C) groups is 1. The Labute approximate surface area is 168 Å².